The summed E-state index contributed by atoms with van der Waals surface area (Å²) in [6, 6.07) is 3.78. The van der Waals surface area contributed by atoms with Crippen molar-refractivity contribution in [3.63, 3.8) is 0 Å². The Kier molecular flexibility index (Phi) is 7.36. The van der Waals surface area contributed by atoms with Gasteiger partial charge in [-0.15, -0.1) is 0 Å². The van der Waals surface area contributed by atoms with Crippen molar-refractivity contribution in [2.75, 3.05) is 26.2 Å². The Morgan fingerprint density at radius 1 is 1.35 bits per heavy atom. The molecule has 0 atom stereocenters. The van der Waals surface area contributed by atoms with E-state index in [0.29, 0.717) is 12.5 Å². The zero-order chi connectivity index (χ0) is 19.0. The molecule has 1 aromatic rings. The Labute approximate surface area is 156 Å². The first kappa shape index (κ1) is 20.1. The summed E-state index contributed by atoms with van der Waals surface area (Å²) in [7, 11) is 0. The molecule has 1 aromatic heterocycles. The molecule has 1 fully saturated rings. The zero-order valence-corrected chi connectivity index (χ0v) is 16.4. The van der Waals surface area contributed by atoms with Crippen molar-refractivity contribution < 1.29 is 13.9 Å². The van der Waals surface area contributed by atoms with E-state index in [9.17, 15) is 4.79 Å². The molecule has 26 heavy (non-hydrogen) atoms. The molecule has 0 unspecified atom stereocenters. The number of hydrogen-bond donors (Lipinski definition) is 2. The van der Waals surface area contributed by atoms with Gasteiger partial charge in [-0.1, -0.05) is 0 Å². The SMILES string of the molecule is CCNC(=NCc1ccco1)NCC1CCN(C(=O)OC(C)(C)C)CC1. The van der Waals surface area contributed by atoms with Crippen LogP contribution in [0, 0.1) is 5.92 Å². The van der Waals surface area contributed by atoms with Gasteiger partial charge < -0.3 is 24.7 Å². The predicted octanol–water partition coefficient (Wildman–Crippen LogP) is 2.98. The van der Waals surface area contributed by atoms with Crippen LogP contribution in [0.4, 0.5) is 4.79 Å². The largest absolute Gasteiger partial charge is 0.467 e. The lowest BCUT2D eigenvalue weighted by Gasteiger charge is -2.33. The maximum Gasteiger partial charge on any atom is 0.410 e. The average molecular weight is 364 g/mol. The highest BCUT2D eigenvalue weighted by molar-refractivity contribution is 5.79. The van der Waals surface area contributed by atoms with Gasteiger partial charge in [0, 0.05) is 26.2 Å². The van der Waals surface area contributed by atoms with E-state index in [4.69, 9.17) is 9.15 Å². The smallest absolute Gasteiger partial charge is 0.410 e. The van der Waals surface area contributed by atoms with Crippen molar-refractivity contribution in [1.82, 2.24) is 15.5 Å². The third-order valence-electron chi connectivity index (χ3n) is 4.14. The minimum absolute atomic E-state index is 0.211. The minimum atomic E-state index is -0.444. The van der Waals surface area contributed by atoms with Gasteiger partial charge in [-0.25, -0.2) is 9.79 Å². The molecule has 1 saturated heterocycles. The van der Waals surface area contributed by atoms with Crippen molar-refractivity contribution in [2.45, 2.75) is 52.7 Å². The molecule has 0 radical (unpaired) electrons. The quantitative estimate of drug-likeness (QED) is 0.620. The second-order valence-corrected chi connectivity index (χ2v) is 7.57. The standard InChI is InChI=1S/C19H32N4O3/c1-5-20-17(22-14-16-7-6-12-25-16)21-13-15-8-10-23(11-9-15)18(24)26-19(2,3)4/h6-7,12,15H,5,8-11,13-14H2,1-4H3,(H2,20,21,22). The molecule has 1 aliphatic rings. The van der Waals surface area contributed by atoms with Crippen molar-refractivity contribution in [3.05, 3.63) is 24.2 Å². The van der Waals surface area contributed by atoms with Crippen LogP contribution < -0.4 is 10.6 Å². The van der Waals surface area contributed by atoms with Gasteiger partial charge in [0.2, 0.25) is 0 Å². The van der Waals surface area contributed by atoms with Gasteiger partial charge in [0.1, 0.15) is 17.9 Å². The molecular formula is C19H32N4O3. The number of piperidine rings is 1. The molecule has 0 saturated carbocycles. The van der Waals surface area contributed by atoms with Crippen LogP contribution in [0.5, 0.6) is 0 Å². The lowest BCUT2D eigenvalue weighted by atomic mass is 9.97. The highest BCUT2D eigenvalue weighted by Crippen LogP contribution is 2.19. The van der Waals surface area contributed by atoms with E-state index in [1.54, 1.807) is 11.2 Å². The molecule has 146 valence electrons. The topological polar surface area (TPSA) is 79.1 Å². The van der Waals surface area contributed by atoms with Crippen molar-refractivity contribution >= 4 is 12.1 Å². The summed E-state index contributed by atoms with van der Waals surface area (Å²) in [5.74, 6) is 2.15. The molecule has 1 amide bonds. The molecule has 2 rings (SSSR count). The number of ether oxygens (including phenoxy) is 1. The fourth-order valence-corrected chi connectivity index (χ4v) is 2.79. The summed E-state index contributed by atoms with van der Waals surface area (Å²) < 4.78 is 10.8. The fourth-order valence-electron chi connectivity index (χ4n) is 2.79. The lowest BCUT2D eigenvalue weighted by molar-refractivity contribution is 0.0185. The molecule has 1 aliphatic heterocycles. The number of furan rings is 1. The number of guanidine groups is 1. The summed E-state index contributed by atoms with van der Waals surface area (Å²) in [4.78, 5) is 18.5. The Hall–Kier alpha value is -2.18. The predicted molar refractivity (Wildman–Crippen MR) is 102 cm³/mol. The van der Waals surface area contributed by atoms with Gasteiger partial charge in [0.25, 0.3) is 0 Å². The number of carbonyl (C=O) groups is 1. The van der Waals surface area contributed by atoms with E-state index >= 15 is 0 Å². The van der Waals surface area contributed by atoms with Crippen LogP contribution in [0.15, 0.2) is 27.8 Å². The van der Waals surface area contributed by atoms with Crippen molar-refractivity contribution in [3.8, 4) is 0 Å². The summed E-state index contributed by atoms with van der Waals surface area (Å²) in [5, 5.41) is 6.65. The minimum Gasteiger partial charge on any atom is -0.467 e. The lowest BCUT2D eigenvalue weighted by Crippen LogP contribution is -2.45. The molecule has 0 aliphatic carbocycles. The molecule has 2 heterocycles. The molecule has 0 aromatic carbocycles. The third-order valence-corrected chi connectivity index (χ3v) is 4.14. The number of rotatable bonds is 5. The Bertz CT molecular complexity index is 570. The number of nitrogens with one attached hydrogen (secondary N) is 2. The van der Waals surface area contributed by atoms with E-state index in [-0.39, 0.29) is 6.09 Å². The Morgan fingerprint density at radius 2 is 2.08 bits per heavy atom. The number of hydrogen-bond acceptors (Lipinski definition) is 4. The molecule has 2 N–H and O–H groups in total. The van der Waals surface area contributed by atoms with Crippen molar-refractivity contribution in [2.24, 2.45) is 10.9 Å². The van der Waals surface area contributed by atoms with E-state index in [1.807, 2.05) is 39.8 Å². The molecule has 0 bridgehead atoms. The first-order valence-corrected chi connectivity index (χ1v) is 9.40. The van der Waals surface area contributed by atoms with Gasteiger partial charge in [-0.05, 0) is 58.6 Å². The van der Waals surface area contributed by atoms with Crippen LogP contribution in [0.3, 0.4) is 0 Å². The maximum atomic E-state index is 12.1. The molecular weight excluding hydrogens is 332 g/mol. The second kappa shape index (κ2) is 9.50. The number of carbonyl (C=O) groups excluding carboxylic acids is 1. The molecule has 7 heteroatoms. The first-order valence-electron chi connectivity index (χ1n) is 9.40. The van der Waals surface area contributed by atoms with Crippen LogP contribution in [-0.2, 0) is 11.3 Å². The second-order valence-electron chi connectivity index (χ2n) is 7.57. The van der Waals surface area contributed by atoms with Crippen molar-refractivity contribution in [1.29, 1.82) is 0 Å². The summed E-state index contributed by atoms with van der Waals surface area (Å²) >= 11 is 0. The highest BCUT2D eigenvalue weighted by Gasteiger charge is 2.26. The van der Waals surface area contributed by atoms with Gasteiger partial charge in [0.05, 0.1) is 6.26 Å². The normalized spacial score (nSPS) is 16.5. The molecule has 0 spiro atoms. The van der Waals surface area contributed by atoms with E-state index in [0.717, 1.165) is 50.7 Å². The van der Waals surface area contributed by atoms with Gasteiger partial charge in [0.15, 0.2) is 5.96 Å². The highest BCUT2D eigenvalue weighted by atomic mass is 16.6. The van der Waals surface area contributed by atoms with E-state index in [2.05, 4.69) is 15.6 Å². The third kappa shape index (κ3) is 6.98. The fraction of sp³-hybridized carbons (Fsp3) is 0.684. The van der Waals surface area contributed by atoms with Crippen LogP contribution in [-0.4, -0.2) is 48.7 Å². The van der Waals surface area contributed by atoms with Crippen LogP contribution >= 0.6 is 0 Å². The summed E-state index contributed by atoms with van der Waals surface area (Å²) in [6.07, 6.45) is 3.37. The van der Waals surface area contributed by atoms with Gasteiger partial charge >= 0.3 is 6.09 Å². The Morgan fingerprint density at radius 3 is 2.65 bits per heavy atom. The number of nitrogens with zero attached hydrogens (tertiary/aromatic N) is 2. The summed E-state index contributed by atoms with van der Waals surface area (Å²) in [6.45, 7) is 11.4. The number of aliphatic imine (C=N–C) groups is 1. The first-order chi connectivity index (χ1) is 12.4. The van der Waals surface area contributed by atoms with Gasteiger partial charge in [-0.2, -0.15) is 0 Å². The Balaban J connectivity index is 1.75. The maximum absolute atomic E-state index is 12.1. The monoisotopic (exact) mass is 364 g/mol. The van der Waals surface area contributed by atoms with Gasteiger partial charge in [-0.3, -0.25) is 0 Å². The molecule has 7 nitrogen and oxygen atoms in total. The number of amides is 1. The summed E-state index contributed by atoms with van der Waals surface area (Å²) in [5.41, 5.74) is -0.444. The number of likely N-dealkylation sites (tertiary alicyclic amines) is 1. The van der Waals surface area contributed by atoms with Crippen LogP contribution in [0.25, 0.3) is 0 Å². The average Bonchev–Trinajstić information content (AvgIpc) is 3.10. The van der Waals surface area contributed by atoms with Crippen LogP contribution in [0.2, 0.25) is 0 Å². The zero-order valence-electron chi connectivity index (χ0n) is 16.4. The van der Waals surface area contributed by atoms with Crippen LogP contribution in [0.1, 0.15) is 46.3 Å². The van der Waals surface area contributed by atoms with E-state index < -0.39 is 5.60 Å². The van der Waals surface area contributed by atoms with E-state index in [1.165, 1.54) is 0 Å².